The zero-order valence-electron chi connectivity index (χ0n) is 11.1. The van der Waals surface area contributed by atoms with Crippen molar-refractivity contribution in [3.63, 3.8) is 0 Å². The van der Waals surface area contributed by atoms with Crippen LogP contribution in [0.3, 0.4) is 0 Å². The SMILES string of the molecule is O=Cc1ccc(OCC(=O)Nc2cc(Cl)ccc2Cl)c(Cl)c1. The van der Waals surface area contributed by atoms with Crippen molar-refractivity contribution < 1.29 is 14.3 Å². The van der Waals surface area contributed by atoms with Crippen molar-refractivity contribution in [3.8, 4) is 5.75 Å². The van der Waals surface area contributed by atoms with Crippen molar-refractivity contribution in [2.75, 3.05) is 11.9 Å². The minimum atomic E-state index is -0.417. The summed E-state index contributed by atoms with van der Waals surface area (Å²) in [6, 6.07) is 9.24. The van der Waals surface area contributed by atoms with Crippen LogP contribution in [0.2, 0.25) is 15.1 Å². The summed E-state index contributed by atoms with van der Waals surface area (Å²) in [6.45, 7) is -0.261. The van der Waals surface area contributed by atoms with E-state index < -0.39 is 5.91 Å². The first-order valence-electron chi connectivity index (χ1n) is 6.12. The van der Waals surface area contributed by atoms with Gasteiger partial charge in [0.2, 0.25) is 0 Å². The Balaban J connectivity index is 1.98. The highest BCUT2D eigenvalue weighted by Gasteiger charge is 2.09. The molecular formula is C15H10Cl3NO3. The summed E-state index contributed by atoms with van der Waals surface area (Å²) in [5, 5.41) is 3.65. The van der Waals surface area contributed by atoms with Gasteiger partial charge in [-0.1, -0.05) is 34.8 Å². The predicted octanol–water partition coefficient (Wildman–Crippen LogP) is 4.48. The fourth-order valence-corrected chi connectivity index (χ4v) is 2.21. The normalized spacial score (nSPS) is 10.1. The number of carbonyl (C=O) groups excluding carboxylic acids is 2. The second-order valence-corrected chi connectivity index (χ2v) is 5.52. The Labute approximate surface area is 141 Å². The minimum absolute atomic E-state index is 0.248. The van der Waals surface area contributed by atoms with Gasteiger partial charge in [-0.15, -0.1) is 0 Å². The van der Waals surface area contributed by atoms with E-state index in [0.717, 1.165) is 0 Å². The molecule has 0 saturated carbocycles. The van der Waals surface area contributed by atoms with E-state index in [2.05, 4.69) is 5.32 Å². The van der Waals surface area contributed by atoms with E-state index in [-0.39, 0.29) is 11.6 Å². The third-order valence-electron chi connectivity index (χ3n) is 2.65. The molecule has 22 heavy (non-hydrogen) atoms. The number of nitrogens with one attached hydrogen (secondary N) is 1. The number of ether oxygens (including phenoxy) is 1. The summed E-state index contributed by atoms with van der Waals surface area (Å²) in [5.41, 5.74) is 0.817. The molecule has 0 spiro atoms. The molecule has 0 aromatic heterocycles. The van der Waals surface area contributed by atoms with Gasteiger partial charge in [0.15, 0.2) is 6.61 Å². The molecule has 1 amide bonds. The summed E-state index contributed by atoms with van der Waals surface area (Å²) in [4.78, 5) is 22.5. The molecule has 4 nitrogen and oxygen atoms in total. The van der Waals surface area contributed by atoms with Crippen LogP contribution in [0.25, 0.3) is 0 Å². The molecule has 114 valence electrons. The average molecular weight is 359 g/mol. The van der Waals surface area contributed by atoms with Crippen molar-refractivity contribution in [2.45, 2.75) is 0 Å². The van der Waals surface area contributed by atoms with Crippen LogP contribution in [-0.4, -0.2) is 18.8 Å². The van der Waals surface area contributed by atoms with Crippen molar-refractivity contribution >= 4 is 52.7 Å². The van der Waals surface area contributed by atoms with Gasteiger partial charge in [0.1, 0.15) is 12.0 Å². The number of rotatable bonds is 5. The van der Waals surface area contributed by atoms with Gasteiger partial charge >= 0.3 is 0 Å². The maximum absolute atomic E-state index is 11.8. The third kappa shape index (κ3) is 4.37. The van der Waals surface area contributed by atoms with Crippen LogP contribution in [0, 0.1) is 0 Å². The van der Waals surface area contributed by atoms with Gasteiger partial charge in [0.25, 0.3) is 5.91 Å². The Morgan fingerprint density at radius 3 is 2.55 bits per heavy atom. The molecule has 0 unspecified atom stereocenters. The summed E-state index contributed by atoms with van der Waals surface area (Å²) in [7, 11) is 0. The van der Waals surface area contributed by atoms with Gasteiger partial charge in [-0.3, -0.25) is 9.59 Å². The molecule has 0 aliphatic carbocycles. The van der Waals surface area contributed by atoms with E-state index in [1.165, 1.54) is 18.2 Å². The highest BCUT2D eigenvalue weighted by molar-refractivity contribution is 6.35. The lowest BCUT2D eigenvalue weighted by Gasteiger charge is -2.10. The topological polar surface area (TPSA) is 55.4 Å². The molecule has 2 rings (SSSR count). The summed E-state index contributed by atoms with van der Waals surface area (Å²) < 4.78 is 5.30. The zero-order valence-corrected chi connectivity index (χ0v) is 13.4. The van der Waals surface area contributed by atoms with Crippen LogP contribution in [0.15, 0.2) is 36.4 Å². The van der Waals surface area contributed by atoms with Gasteiger partial charge < -0.3 is 10.1 Å². The quantitative estimate of drug-likeness (QED) is 0.802. The van der Waals surface area contributed by atoms with Crippen LogP contribution < -0.4 is 10.1 Å². The van der Waals surface area contributed by atoms with Gasteiger partial charge in [-0.2, -0.15) is 0 Å². The van der Waals surface area contributed by atoms with Crippen LogP contribution in [-0.2, 0) is 4.79 Å². The number of carbonyl (C=O) groups is 2. The molecule has 0 bridgehead atoms. The second kappa shape index (κ2) is 7.49. The van der Waals surface area contributed by atoms with Crippen LogP contribution in [0.1, 0.15) is 10.4 Å². The molecule has 2 aromatic rings. The number of hydrogen-bond donors (Lipinski definition) is 1. The number of hydrogen-bond acceptors (Lipinski definition) is 3. The fraction of sp³-hybridized carbons (Fsp3) is 0.0667. The first kappa shape index (κ1) is 16.6. The fourth-order valence-electron chi connectivity index (χ4n) is 1.63. The van der Waals surface area contributed by atoms with Crippen LogP contribution in [0.4, 0.5) is 5.69 Å². The van der Waals surface area contributed by atoms with Crippen molar-refractivity contribution in [1.29, 1.82) is 0 Å². The minimum Gasteiger partial charge on any atom is -0.482 e. The van der Waals surface area contributed by atoms with E-state index in [1.807, 2.05) is 0 Å². The highest BCUT2D eigenvalue weighted by Crippen LogP contribution is 2.26. The maximum Gasteiger partial charge on any atom is 0.262 e. The lowest BCUT2D eigenvalue weighted by molar-refractivity contribution is -0.118. The average Bonchev–Trinajstić information content (AvgIpc) is 2.49. The van der Waals surface area contributed by atoms with Crippen molar-refractivity contribution in [3.05, 3.63) is 57.0 Å². The highest BCUT2D eigenvalue weighted by atomic mass is 35.5. The largest absolute Gasteiger partial charge is 0.482 e. The summed E-state index contributed by atoms with van der Waals surface area (Å²) in [6.07, 6.45) is 0.670. The molecule has 0 atom stereocenters. The van der Waals surface area contributed by atoms with E-state index in [1.54, 1.807) is 18.2 Å². The van der Waals surface area contributed by atoms with E-state index in [9.17, 15) is 9.59 Å². The lowest BCUT2D eigenvalue weighted by Crippen LogP contribution is -2.20. The second-order valence-electron chi connectivity index (χ2n) is 4.27. The Bertz CT molecular complexity index is 719. The Morgan fingerprint density at radius 1 is 1.09 bits per heavy atom. The first-order valence-corrected chi connectivity index (χ1v) is 7.25. The summed E-state index contributed by atoms with van der Waals surface area (Å²) in [5.74, 6) is -0.112. The molecule has 0 saturated heterocycles. The predicted molar refractivity (Wildman–Crippen MR) is 87.4 cm³/mol. The Hall–Kier alpha value is -1.75. The number of anilines is 1. The molecule has 1 N–H and O–H groups in total. The molecule has 2 aromatic carbocycles. The molecular weight excluding hydrogens is 349 g/mol. The molecule has 0 aliphatic heterocycles. The van der Waals surface area contributed by atoms with Gasteiger partial charge in [-0.25, -0.2) is 0 Å². The van der Waals surface area contributed by atoms with Gasteiger partial charge in [-0.05, 0) is 36.4 Å². The monoisotopic (exact) mass is 357 g/mol. The first-order chi connectivity index (χ1) is 10.5. The smallest absolute Gasteiger partial charge is 0.262 e. The van der Waals surface area contributed by atoms with Gasteiger partial charge in [0, 0.05) is 10.6 Å². The standard InChI is InChI=1S/C15H10Cl3NO3/c16-10-2-3-11(17)13(6-10)19-15(21)8-22-14-4-1-9(7-20)5-12(14)18/h1-7H,8H2,(H,19,21). The maximum atomic E-state index is 11.8. The molecule has 0 aliphatic rings. The third-order valence-corrected chi connectivity index (χ3v) is 3.51. The van der Waals surface area contributed by atoms with Crippen LogP contribution >= 0.6 is 34.8 Å². The molecule has 7 heteroatoms. The number of amides is 1. The van der Waals surface area contributed by atoms with E-state index in [4.69, 9.17) is 39.5 Å². The molecule has 0 fully saturated rings. The molecule has 0 heterocycles. The lowest BCUT2D eigenvalue weighted by atomic mass is 10.2. The van der Waals surface area contributed by atoms with E-state index in [0.29, 0.717) is 33.3 Å². The number of benzene rings is 2. The summed E-state index contributed by atoms with van der Waals surface area (Å²) >= 11 is 17.7. The molecule has 0 radical (unpaired) electrons. The van der Waals surface area contributed by atoms with Gasteiger partial charge in [0.05, 0.1) is 15.7 Å². The number of halogens is 3. The number of aldehydes is 1. The Morgan fingerprint density at radius 2 is 1.86 bits per heavy atom. The Kier molecular flexibility index (Phi) is 5.66. The van der Waals surface area contributed by atoms with Crippen molar-refractivity contribution in [2.24, 2.45) is 0 Å². The zero-order chi connectivity index (χ0) is 16.1. The van der Waals surface area contributed by atoms with Crippen LogP contribution in [0.5, 0.6) is 5.75 Å². The van der Waals surface area contributed by atoms with Crippen molar-refractivity contribution in [1.82, 2.24) is 0 Å². The van der Waals surface area contributed by atoms with E-state index >= 15 is 0 Å².